The van der Waals surface area contributed by atoms with Gasteiger partial charge in [-0.1, -0.05) is 0 Å². The van der Waals surface area contributed by atoms with Gasteiger partial charge < -0.3 is 10.1 Å². The second-order valence-corrected chi connectivity index (χ2v) is 4.18. The van der Waals surface area contributed by atoms with Crippen LogP contribution in [-0.4, -0.2) is 24.2 Å². The van der Waals surface area contributed by atoms with Gasteiger partial charge in [0.2, 0.25) is 0 Å². The SMILES string of the molecule is COC1CC(Nc2c([N+](=O)[O-])ccc(F)c2F)C1. The highest BCUT2D eigenvalue weighted by Gasteiger charge is 2.32. The molecule has 0 heterocycles. The van der Waals surface area contributed by atoms with Crippen molar-refractivity contribution in [1.29, 1.82) is 0 Å². The lowest BCUT2D eigenvalue weighted by molar-refractivity contribution is -0.384. The van der Waals surface area contributed by atoms with Crippen LogP contribution in [-0.2, 0) is 4.74 Å². The molecular formula is C11H12F2N2O3. The third kappa shape index (κ3) is 2.26. The Balaban J connectivity index is 2.20. The highest BCUT2D eigenvalue weighted by molar-refractivity contribution is 5.63. The molecule has 1 aliphatic rings. The Kier molecular flexibility index (Phi) is 3.42. The van der Waals surface area contributed by atoms with Gasteiger partial charge in [-0.2, -0.15) is 0 Å². The summed E-state index contributed by atoms with van der Waals surface area (Å²) in [6.45, 7) is 0. The molecule has 0 amide bonds. The van der Waals surface area contributed by atoms with Crippen molar-refractivity contribution in [3.05, 3.63) is 33.9 Å². The van der Waals surface area contributed by atoms with Crippen LogP contribution in [0.15, 0.2) is 12.1 Å². The summed E-state index contributed by atoms with van der Waals surface area (Å²) in [6.07, 6.45) is 1.30. The Morgan fingerprint density at radius 2 is 2.11 bits per heavy atom. The van der Waals surface area contributed by atoms with Crippen LogP contribution in [0.2, 0.25) is 0 Å². The van der Waals surface area contributed by atoms with Gasteiger partial charge in [-0.3, -0.25) is 10.1 Å². The summed E-state index contributed by atoms with van der Waals surface area (Å²) < 4.78 is 31.7. The number of halogens is 2. The first-order valence-electron chi connectivity index (χ1n) is 5.44. The molecule has 0 bridgehead atoms. The predicted octanol–water partition coefficient (Wildman–Crippen LogP) is 2.46. The standard InChI is InChI=1S/C11H12F2N2O3/c1-18-7-4-6(5-7)14-11-9(15(16)17)3-2-8(12)10(11)13/h2-3,6-7,14H,4-5H2,1H3. The Labute approximate surface area is 102 Å². The first kappa shape index (κ1) is 12.7. The minimum absolute atomic E-state index is 0.0678. The van der Waals surface area contributed by atoms with E-state index in [0.717, 1.165) is 12.1 Å². The zero-order chi connectivity index (χ0) is 13.3. The second-order valence-electron chi connectivity index (χ2n) is 4.18. The van der Waals surface area contributed by atoms with Gasteiger partial charge in [-0.25, -0.2) is 8.78 Å². The third-order valence-electron chi connectivity index (χ3n) is 3.05. The van der Waals surface area contributed by atoms with Crippen molar-refractivity contribution in [1.82, 2.24) is 0 Å². The molecule has 0 aromatic heterocycles. The van der Waals surface area contributed by atoms with E-state index < -0.39 is 22.2 Å². The first-order chi connectivity index (χ1) is 8.52. The average molecular weight is 258 g/mol. The molecule has 0 aliphatic heterocycles. The monoisotopic (exact) mass is 258 g/mol. The number of nitrogens with zero attached hydrogens (tertiary/aromatic N) is 1. The number of nitro groups is 1. The number of rotatable bonds is 4. The number of hydrogen-bond donors (Lipinski definition) is 1. The highest BCUT2D eigenvalue weighted by Crippen LogP contribution is 2.33. The van der Waals surface area contributed by atoms with E-state index in [1.165, 1.54) is 0 Å². The fraction of sp³-hybridized carbons (Fsp3) is 0.455. The molecule has 0 radical (unpaired) electrons. The zero-order valence-corrected chi connectivity index (χ0v) is 9.65. The van der Waals surface area contributed by atoms with Crippen LogP contribution >= 0.6 is 0 Å². The molecule has 1 aliphatic carbocycles. The minimum atomic E-state index is -1.22. The van der Waals surface area contributed by atoms with E-state index in [1.807, 2.05) is 0 Å². The van der Waals surface area contributed by atoms with Crippen molar-refractivity contribution in [3.63, 3.8) is 0 Å². The van der Waals surface area contributed by atoms with E-state index in [-0.39, 0.29) is 17.8 Å². The molecule has 7 heteroatoms. The van der Waals surface area contributed by atoms with Gasteiger partial charge in [0.15, 0.2) is 17.3 Å². The Bertz CT molecular complexity index is 476. The van der Waals surface area contributed by atoms with Crippen LogP contribution < -0.4 is 5.32 Å². The molecule has 1 aromatic rings. The van der Waals surface area contributed by atoms with Gasteiger partial charge in [-0.15, -0.1) is 0 Å². The maximum Gasteiger partial charge on any atom is 0.295 e. The molecule has 5 nitrogen and oxygen atoms in total. The predicted molar refractivity (Wildman–Crippen MR) is 60.5 cm³/mol. The van der Waals surface area contributed by atoms with Gasteiger partial charge in [0, 0.05) is 19.2 Å². The number of anilines is 1. The first-order valence-corrected chi connectivity index (χ1v) is 5.44. The summed E-state index contributed by atoms with van der Waals surface area (Å²) in [7, 11) is 1.56. The van der Waals surface area contributed by atoms with E-state index in [1.54, 1.807) is 7.11 Å². The smallest absolute Gasteiger partial charge is 0.295 e. The summed E-state index contributed by atoms with van der Waals surface area (Å²) >= 11 is 0. The molecule has 98 valence electrons. The molecule has 18 heavy (non-hydrogen) atoms. The van der Waals surface area contributed by atoms with Crippen LogP contribution in [0.25, 0.3) is 0 Å². The van der Waals surface area contributed by atoms with Crippen molar-refractivity contribution in [2.75, 3.05) is 12.4 Å². The number of benzene rings is 1. The van der Waals surface area contributed by atoms with E-state index in [2.05, 4.69) is 5.32 Å². The number of ether oxygens (including phenoxy) is 1. The van der Waals surface area contributed by atoms with E-state index in [9.17, 15) is 18.9 Å². The fourth-order valence-electron chi connectivity index (χ4n) is 1.91. The van der Waals surface area contributed by atoms with Crippen LogP contribution in [0.1, 0.15) is 12.8 Å². The summed E-state index contributed by atoms with van der Waals surface area (Å²) in [6, 6.07) is 1.56. The normalized spacial score (nSPS) is 22.4. The molecule has 2 rings (SSSR count). The van der Waals surface area contributed by atoms with Gasteiger partial charge in [0.1, 0.15) is 0 Å². The van der Waals surface area contributed by atoms with E-state index >= 15 is 0 Å². The Morgan fingerprint density at radius 1 is 1.44 bits per heavy atom. The van der Waals surface area contributed by atoms with Gasteiger partial charge >= 0.3 is 0 Å². The average Bonchev–Trinajstić information content (AvgIpc) is 2.27. The summed E-state index contributed by atoms with van der Waals surface area (Å²) in [5.41, 5.74) is -0.852. The van der Waals surface area contributed by atoms with Gasteiger partial charge in [0.05, 0.1) is 11.0 Å². The van der Waals surface area contributed by atoms with Crippen molar-refractivity contribution < 1.29 is 18.4 Å². The fourth-order valence-corrected chi connectivity index (χ4v) is 1.91. The Hall–Kier alpha value is -1.76. The van der Waals surface area contributed by atoms with Crippen LogP contribution in [0.3, 0.4) is 0 Å². The number of hydrogen-bond acceptors (Lipinski definition) is 4. The maximum absolute atomic E-state index is 13.5. The molecule has 0 unspecified atom stereocenters. The van der Waals surface area contributed by atoms with Crippen LogP contribution in [0.5, 0.6) is 0 Å². The topological polar surface area (TPSA) is 64.4 Å². The second kappa shape index (κ2) is 4.85. The lowest BCUT2D eigenvalue weighted by Gasteiger charge is -2.35. The van der Waals surface area contributed by atoms with Crippen molar-refractivity contribution >= 4 is 11.4 Å². The van der Waals surface area contributed by atoms with Crippen molar-refractivity contribution in [2.24, 2.45) is 0 Å². The molecule has 1 fully saturated rings. The molecule has 0 atom stereocenters. The molecule has 0 saturated heterocycles. The third-order valence-corrected chi connectivity index (χ3v) is 3.05. The van der Waals surface area contributed by atoms with E-state index in [0.29, 0.717) is 12.8 Å². The Morgan fingerprint density at radius 3 is 2.67 bits per heavy atom. The number of nitro benzene ring substituents is 1. The van der Waals surface area contributed by atoms with Crippen molar-refractivity contribution in [2.45, 2.75) is 25.0 Å². The molecule has 1 aromatic carbocycles. The molecule has 1 saturated carbocycles. The van der Waals surface area contributed by atoms with Gasteiger partial charge in [0.25, 0.3) is 5.69 Å². The van der Waals surface area contributed by atoms with E-state index in [4.69, 9.17) is 4.74 Å². The lowest BCUT2D eigenvalue weighted by Crippen LogP contribution is -2.40. The van der Waals surface area contributed by atoms with Gasteiger partial charge in [-0.05, 0) is 18.9 Å². The summed E-state index contributed by atoms with van der Waals surface area (Å²) in [5.74, 6) is -2.32. The van der Waals surface area contributed by atoms with Crippen molar-refractivity contribution in [3.8, 4) is 0 Å². The zero-order valence-electron chi connectivity index (χ0n) is 9.65. The maximum atomic E-state index is 13.5. The van der Waals surface area contributed by atoms with Crippen LogP contribution in [0.4, 0.5) is 20.2 Å². The molecule has 0 spiro atoms. The summed E-state index contributed by atoms with van der Waals surface area (Å²) in [4.78, 5) is 10.0. The van der Waals surface area contributed by atoms with Crippen LogP contribution in [0, 0.1) is 21.7 Å². The largest absolute Gasteiger partial charge is 0.381 e. The molecule has 1 N–H and O–H groups in total. The number of methoxy groups -OCH3 is 1. The highest BCUT2D eigenvalue weighted by atomic mass is 19.2. The quantitative estimate of drug-likeness (QED) is 0.665. The minimum Gasteiger partial charge on any atom is -0.381 e. The lowest BCUT2D eigenvalue weighted by atomic mass is 9.89. The summed E-state index contributed by atoms with van der Waals surface area (Å²) in [5, 5.41) is 13.4. The number of nitrogens with one attached hydrogen (secondary N) is 1. The molecular weight excluding hydrogens is 246 g/mol.